The Morgan fingerprint density at radius 3 is 1.91 bits per heavy atom. The van der Waals surface area contributed by atoms with Gasteiger partial charge in [0.15, 0.2) is 0 Å². The van der Waals surface area contributed by atoms with E-state index >= 15 is 0 Å². The summed E-state index contributed by atoms with van der Waals surface area (Å²) >= 11 is 0. The van der Waals surface area contributed by atoms with Crippen LogP contribution in [0.2, 0.25) is 0 Å². The lowest BCUT2D eigenvalue weighted by Gasteiger charge is -2.25. The van der Waals surface area contributed by atoms with Crippen molar-refractivity contribution in [2.24, 2.45) is 5.92 Å². The van der Waals surface area contributed by atoms with E-state index in [1.807, 2.05) is 18.2 Å². The van der Waals surface area contributed by atoms with Crippen LogP contribution >= 0.6 is 0 Å². The molecule has 186 valence electrons. The number of rotatable bonds is 11. The van der Waals surface area contributed by atoms with E-state index in [1.165, 1.54) is 28.8 Å². The molecule has 0 fully saturated rings. The Morgan fingerprint density at radius 1 is 0.800 bits per heavy atom. The van der Waals surface area contributed by atoms with Gasteiger partial charge >= 0.3 is 6.18 Å². The zero-order valence-electron chi connectivity index (χ0n) is 21.0. The summed E-state index contributed by atoms with van der Waals surface area (Å²) in [5.74, 6) is 0.848. The lowest BCUT2D eigenvalue weighted by Crippen LogP contribution is -2.22. The second kappa shape index (κ2) is 12.1. The summed E-state index contributed by atoms with van der Waals surface area (Å²) in [6.45, 7) is 9.59. The Morgan fingerprint density at radius 2 is 1.34 bits per heavy atom. The average Bonchev–Trinajstić information content (AvgIpc) is 2.82. The van der Waals surface area contributed by atoms with Crippen LogP contribution in [0.5, 0.6) is 0 Å². The number of hydrogen-bond acceptors (Lipinski definition) is 1. The van der Waals surface area contributed by atoms with Crippen LogP contribution in [0.15, 0.2) is 91.1 Å². The molecule has 0 unspecified atom stereocenters. The molecule has 4 heteroatoms. The van der Waals surface area contributed by atoms with Crippen LogP contribution in [-0.2, 0) is 25.4 Å². The van der Waals surface area contributed by atoms with Crippen LogP contribution in [0.1, 0.15) is 54.0 Å². The highest BCUT2D eigenvalue weighted by Gasteiger charge is 2.30. The Bertz CT molecular complexity index is 1050. The fourth-order valence-electron chi connectivity index (χ4n) is 4.37. The molecule has 3 rings (SSSR count). The normalized spacial score (nSPS) is 12.5. The molecule has 0 aromatic heterocycles. The molecule has 1 nitrogen and oxygen atoms in total. The second-order valence-corrected chi connectivity index (χ2v) is 9.87. The summed E-state index contributed by atoms with van der Waals surface area (Å²) in [6, 6.07) is 24.6. The molecule has 0 bridgehead atoms. The topological polar surface area (TPSA) is 3.24 Å². The molecule has 3 aromatic rings. The molecule has 0 aliphatic heterocycles. The van der Waals surface area contributed by atoms with Crippen molar-refractivity contribution in [2.75, 3.05) is 13.6 Å². The third kappa shape index (κ3) is 8.31. The Balaban J connectivity index is 1.62. The lowest BCUT2D eigenvalue weighted by atomic mass is 9.89. The highest BCUT2D eigenvalue weighted by molar-refractivity contribution is 5.29. The molecule has 0 saturated carbocycles. The average molecular weight is 480 g/mol. The van der Waals surface area contributed by atoms with Gasteiger partial charge in [-0.25, -0.2) is 0 Å². The predicted octanol–water partition coefficient (Wildman–Crippen LogP) is 8.31. The number of likely N-dealkylation sites (N-methyl/N-ethyl adjacent to an activating group) is 1. The van der Waals surface area contributed by atoms with Gasteiger partial charge in [0.25, 0.3) is 0 Å². The van der Waals surface area contributed by atoms with Crippen LogP contribution in [-0.4, -0.2) is 18.5 Å². The lowest BCUT2D eigenvalue weighted by molar-refractivity contribution is -0.137. The highest BCUT2D eigenvalue weighted by atomic mass is 19.4. The molecule has 0 aliphatic carbocycles. The van der Waals surface area contributed by atoms with Crippen molar-refractivity contribution in [3.63, 3.8) is 0 Å². The molecule has 0 N–H and O–H groups in total. The first-order valence-corrected chi connectivity index (χ1v) is 12.3. The predicted molar refractivity (Wildman–Crippen MR) is 139 cm³/mol. The van der Waals surface area contributed by atoms with Crippen molar-refractivity contribution in [1.82, 2.24) is 4.90 Å². The fraction of sp³-hybridized carbons (Fsp3) is 0.355. The first kappa shape index (κ1) is 26.6. The fourth-order valence-corrected chi connectivity index (χ4v) is 4.37. The molecule has 1 atom stereocenters. The van der Waals surface area contributed by atoms with Crippen molar-refractivity contribution in [3.05, 3.63) is 119 Å². The summed E-state index contributed by atoms with van der Waals surface area (Å²) in [6.07, 6.45) is -0.850. The van der Waals surface area contributed by atoms with E-state index in [4.69, 9.17) is 0 Å². The molecule has 0 spiro atoms. The molecule has 35 heavy (non-hydrogen) atoms. The largest absolute Gasteiger partial charge is 0.416 e. The van der Waals surface area contributed by atoms with E-state index < -0.39 is 11.7 Å². The first-order chi connectivity index (χ1) is 16.6. The van der Waals surface area contributed by atoms with Gasteiger partial charge in [0.1, 0.15) is 0 Å². The second-order valence-electron chi connectivity index (χ2n) is 9.87. The van der Waals surface area contributed by atoms with Crippen LogP contribution in [0.3, 0.4) is 0 Å². The molecule has 0 saturated heterocycles. The van der Waals surface area contributed by atoms with Crippen LogP contribution < -0.4 is 0 Å². The standard InChI is InChI=1S/C31H36F3N/c1-23(2)20-25-10-12-26(13-11-25)21-24(3)35(4)19-18-29(28-8-6-5-7-9-28)22-27-14-16-30(17-15-27)31(32,33)34/h5-17,23,29H,3,18-22H2,1-2,4H3/t29-/m0/s1. The zero-order valence-corrected chi connectivity index (χ0v) is 21.0. The minimum Gasteiger partial charge on any atom is -0.378 e. The van der Waals surface area contributed by atoms with E-state index in [1.54, 1.807) is 12.1 Å². The number of nitrogens with zero attached hydrogens (tertiary/aromatic N) is 1. The summed E-state index contributed by atoms with van der Waals surface area (Å²) < 4.78 is 38.8. The van der Waals surface area contributed by atoms with Crippen LogP contribution in [0.4, 0.5) is 13.2 Å². The van der Waals surface area contributed by atoms with Gasteiger partial charge in [0.05, 0.1) is 5.56 Å². The Hall–Kier alpha value is -3.01. The van der Waals surface area contributed by atoms with E-state index in [2.05, 4.69) is 68.8 Å². The summed E-state index contributed by atoms with van der Waals surface area (Å²) in [7, 11) is 2.07. The zero-order chi connectivity index (χ0) is 25.4. The van der Waals surface area contributed by atoms with Crippen molar-refractivity contribution in [3.8, 4) is 0 Å². The number of halogens is 3. The van der Waals surface area contributed by atoms with E-state index in [0.29, 0.717) is 12.3 Å². The smallest absolute Gasteiger partial charge is 0.378 e. The number of benzene rings is 3. The van der Waals surface area contributed by atoms with Gasteiger partial charge in [-0.15, -0.1) is 0 Å². The SMILES string of the molecule is C=C(Cc1ccc(CC(C)C)cc1)N(C)CC[C@@H](Cc1ccc(C(F)(F)F)cc1)c1ccccc1. The molecule has 0 heterocycles. The van der Waals surface area contributed by atoms with Gasteiger partial charge in [-0.2, -0.15) is 13.2 Å². The third-order valence-electron chi connectivity index (χ3n) is 6.46. The third-order valence-corrected chi connectivity index (χ3v) is 6.46. The van der Waals surface area contributed by atoms with E-state index in [-0.39, 0.29) is 5.92 Å². The van der Waals surface area contributed by atoms with Crippen LogP contribution in [0.25, 0.3) is 0 Å². The summed E-state index contributed by atoms with van der Waals surface area (Å²) in [5, 5.41) is 0. The van der Waals surface area contributed by atoms with Crippen molar-refractivity contribution >= 4 is 0 Å². The highest BCUT2D eigenvalue weighted by Crippen LogP contribution is 2.31. The Kier molecular flexibility index (Phi) is 9.20. The molecular weight excluding hydrogens is 443 g/mol. The van der Waals surface area contributed by atoms with E-state index in [9.17, 15) is 13.2 Å². The summed E-state index contributed by atoms with van der Waals surface area (Å²) in [4.78, 5) is 2.20. The quantitative estimate of drug-likeness (QED) is 0.267. The van der Waals surface area contributed by atoms with Gasteiger partial charge < -0.3 is 4.90 Å². The van der Waals surface area contributed by atoms with Crippen molar-refractivity contribution < 1.29 is 13.2 Å². The maximum atomic E-state index is 12.9. The number of hydrogen-bond donors (Lipinski definition) is 0. The van der Waals surface area contributed by atoms with Gasteiger partial charge in [-0.05, 0) is 65.5 Å². The number of alkyl halides is 3. The monoisotopic (exact) mass is 479 g/mol. The molecule has 0 radical (unpaired) electrons. The minimum absolute atomic E-state index is 0.207. The van der Waals surface area contributed by atoms with Gasteiger partial charge in [0, 0.05) is 25.7 Å². The van der Waals surface area contributed by atoms with Gasteiger partial charge in [0.2, 0.25) is 0 Å². The molecular formula is C31H36F3N. The van der Waals surface area contributed by atoms with Gasteiger partial charge in [-0.1, -0.05) is 87.2 Å². The Labute approximate surface area is 208 Å². The summed E-state index contributed by atoms with van der Waals surface area (Å²) in [5.41, 5.74) is 5.17. The van der Waals surface area contributed by atoms with Gasteiger partial charge in [-0.3, -0.25) is 0 Å². The maximum Gasteiger partial charge on any atom is 0.416 e. The van der Waals surface area contributed by atoms with Crippen molar-refractivity contribution in [2.45, 2.75) is 51.6 Å². The minimum atomic E-state index is -4.31. The molecule has 0 amide bonds. The van der Waals surface area contributed by atoms with Crippen LogP contribution in [0, 0.1) is 5.92 Å². The molecule has 0 aliphatic rings. The first-order valence-electron chi connectivity index (χ1n) is 12.3. The molecule has 3 aromatic carbocycles. The maximum absolute atomic E-state index is 12.9. The van der Waals surface area contributed by atoms with E-state index in [0.717, 1.165) is 37.1 Å². The van der Waals surface area contributed by atoms with Crippen molar-refractivity contribution in [1.29, 1.82) is 0 Å². The number of allylic oxidation sites excluding steroid dienone is 1.